The number of hydrogen-bond acceptors (Lipinski definition) is 3. The molecule has 0 heterocycles. The Labute approximate surface area is 167 Å². The zero-order valence-corrected chi connectivity index (χ0v) is 16.9. The molecule has 1 aliphatic carbocycles. The van der Waals surface area contributed by atoms with E-state index in [-0.39, 0.29) is 35.8 Å². The van der Waals surface area contributed by atoms with E-state index in [9.17, 15) is 14.0 Å². The van der Waals surface area contributed by atoms with Gasteiger partial charge in [0.1, 0.15) is 11.9 Å². The molecule has 2 atom stereocenters. The summed E-state index contributed by atoms with van der Waals surface area (Å²) in [6, 6.07) is 4.93. The molecule has 1 fully saturated rings. The molecule has 2 unspecified atom stereocenters. The molecule has 152 valence electrons. The van der Waals surface area contributed by atoms with Crippen molar-refractivity contribution in [1.82, 2.24) is 10.6 Å². The van der Waals surface area contributed by atoms with Crippen LogP contribution in [0.25, 0.3) is 0 Å². The maximum Gasteiger partial charge on any atom is 0.254 e. The summed E-state index contributed by atoms with van der Waals surface area (Å²) < 4.78 is 13.8. The van der Waals surface area contributed by atoms with Crippen molar-refractivity contribution in [3.05, 3.63) is 35.6 Å². The van der Waals surface area contributed by atoms with Gasteiger partial charge in [-0.1, -0.05) is 45.2 Å². The normalized spacial score (nSPS) is 16.9. The molecule has 1 saturated carbocycles. The van der Waals surface area contributed by atoms with Gasteiger partial charge in [-0.3, -0.25) is 9.59 Å². The zero-order valence-electron chi connectivity index (χ0n) is 16.0. The van der Waals surface area contributed by atoms with Crippen molar-refractivity contribution >= 4 is 24.2 Å². The molecule has 1 aromatic rings. The lowest BCUT2D eigenvalue weighted by Crippen LogP contribution is -2.55. The van der Waals surface area contributed by atoms with E-state index >= 15 is 0 Å². The second-order valence-electron chi connectivity index (χ2n) is 7.42. The monoisotopic (exact) mass is 399 g/mol. The summed E-state index contributed by atoms with van der Waals surface area (Å²) in [5.41, 5.74) is 5.83. The molecule has 0 aromatic heterocycles. The number of rotatable bonds is 7. The smallest absolute Gasteiger partial charge is 0.254 e. The maximum absolute atomic E-state index is 13.8. The van der Waals surface area contributed by atoms with Crippen LogP contribution in [-0.2, 0) is 4.79 Å². The summed E-state index contributed by atoms with van der Waals surface area (Å²) in [4.78, 5) is 25.2. The summed E-state index contributed by atoms with van der Waals surface area (Å²) >= 11 is 0. The number of hydrogen-bond donors (Lipinski definition) is 3. The first-order chi connectivity index (χ1) is 12.4. The number of benzene rings is 1. The van der Waals surface area contributed by atoms with Crippen molar-refractivity contribution in [3.8, 4) is 0 Å². The van der Waals surface area contributed by atoms with Gasteiger partial charge < -0.3 is 16.4 Å². The summed E-state index contributed by atoms with van der Waals surface area (Å²) in [5, 5.41) is 5.69. The van der Waals surface area contributed by atoms with E-state index in [1.54, 1.807) is 6.07 Å². The molecule has 0 saturated heterocycles. The Hall–Kier alpha value is -1.66. The number of halogens is 2. The molecular formula is C20H31ClFN3O2. The number of carbonyl (C=O) groups is 2. The van der Waals surface area contributed by atoms with Crippen molar-refractivity contribution in [2.45, 2.75) is 58.0 Å². The Kier molecular flexibility index (Phi) is 9.74. The SMILES string of the molecule is CC(C)C(NC(=O)c1ccccc1F)C(=O)NC(CN)C1CCCCC1.Cl. The molecule has 27 heavy (non-hydrogen) atoms. The highest BCUT2D eigenvalue weighted by Crippen LogP contribution is 2.26. The predicted octanol–water partition coefficient (Wildman–Crippen LogP) is 3.03. The van der Waals surface area contributed by atoms with Crippen LogP contribution in [-0.4, -0.2) is 30.4 Å². The zero-order chi connectivity index (χ0) is 19.1. The molecule has 5 nitrogen and oxygen atoms in total. The van der Waals surface area contributed by atoms with Gasteiger partial charge in [0.2, 0.25) is 5.91 Å². The lowest BCUT2D eigenvalue weighted by molar-refractivity contribution is -0.125. The first-order valence-electron chi connectivity index (χ1n) is 9.49. The highest BCUT2D eigenvalue weighted by molar-refractivity contribution is 5.97. The fourth-order valence-corrected chi connectivity index (χ4v) is 3.58. The van der Waals surface area contributed by atoms with Crippen LogP contribution in [0.15, 0.2) is 24.3 Å². The third-order valence-electron chi connectivity index (χ3n) is 5.15. The van der Waals surface area contributed by atoms with Gasteiger partial charge in [-0.25, -0.2) is 4.39 Å². The van der Waals surface area contributed by atoms with Gasteiger partial charge in [-0.15, -0.1) is 12.4 Å². The number of amides is 2. The highest BCUT2D eigenvalue weighted by atomic mass is 35.5. The van der Waals surface area contributed by atoms with Crippen molar-refractivity contribution in [2.75, 3.05) is 6.54 Å². The lowest BCUT2D eigenvalue weighted by Gasteiger charge is -2.32. The number of nitrogens with two attached hydrogens (primary N) is 1. The van der Waals surface area contributed by atoms with E-state index in [0.717, 1.165) is 25.7 Å². The molecule has 4 N–H and O–H groups in total. The lowest BCUT2D eigenvalue weighted by atomic mass is 9.83. The largest absolute Gasteiger partial charge is 0.350 e. The predicted molar refractivity (Wildman–Crippen MR) is 107 cm³/mol. The van der Waals surface area contributed by atoms with E-state index in [4.69, 9.17) is 5.73 Å². The van der Waals surface area contributed by atoms with E-state index in [1.165, 1.54) is 24.6 Å². The van der Waals surface area contributed by atoms with E-state index in [1.807, 2.05) is 13.8 Å². The quantitative estimate of drug-likeness (QED) is 0.658. The van der Waals surface area contributed by atoms with Crippen LogP contribution in [0.2, 0.25) is 0 Å². The molecule has 2 amide bonds. The molecule has 0 bridgehead atoms. The Bertz CT molecular complexity index is 621. The average Bonchev–Trinajstić information content (AvgIpc) is 2.64. The maximum atomic E-state index is 13.8. The van der Waals surface area contributed by atoms with Crippen molar-refractivity contribution in [3.63, 3.8) is 0 Å². The minimum Gasteiger partial charge on any atom is -0.350 e. The third kappa shape index (κ3) is 6.47. The Morgan fingerprint density at radius 3 is 2.33 bits per heavy atom. The fourth-order valence-electron chi connectivity index (χ4n) is 3.58. The van der Waals surface area contributed by atoms with E-state index < -0.39 is 17.8 Å². The molecular weight excluding hydrogens is 369 g/mol. The molecule has 0 radical (unpaired) electrons. The Morgan fingerprint density at radius 1 is 1.15 bits per heavy atom. The van der Waals surface area contributed by atoms with Gasteiger partial charge in [-0.05, 0) is 36.8 Å². The Balaban J connectivity index is 0.00000364. The van der Waals surface area contributed by atoms with E-state index in [2.05, 4.69) is 10.6 Å². The minimum atomic E-state index is -0.736. The summed E-state index contributed by atoms with van der Waals surface area (Å²) in [6.07, 6.45) is 5.69. The topological polar surface area (TPSA) is 84.2 Å². The van der Waals surface area contributed by atoms with Crippen LogP contribution in [0.5, 0.6) is 0 Å². The Morgan fingerprint density at radius 2 is 1.78 bits per heavy atom. The second kappa shape index (κ2) is 11.2. The average molecular weight is 400 g/mol. The van der Waals surface area contributed by atoms with Gasteiger partial charge in [0.05, 0.1) is 5.56 Å². The van der Waals surface area contributed by atoms with Crippen LogP contribution in [0, 0.1) is 17.7 Å². The number of carbonyl (C=O) groups excluding carboxylic acids is 2. The number of nitrogens with one attached hydrogen (secondary N) is 2. The van der Waals surface area contributed by atoms with Crippen molar-refractivity contribution in [1.29, 1.82) is 0 Å². The molecule has 1 aliphatic rings. The summed E-state index contributed by atoms with van der Waals surface area (Å²) in [6.45, 7) is 4.08. The fraction of sp³-hybridized carbons (Fsp3) is 0.600. The summed E-state index contributed by atoms with van der Waals surface area (Å²) in [7, 11) is 0. The van der Waals surface area contributed by atoms with Crippen LogP contribution >= 0.6 is 12.4 Å². The molecule has 0 aliphatic heterocycles. The van der Waals surface area contributed by atoms with Gasteiger partial charge in [0.25, 0.3) is 5.91 Å². The van der Waals surface area contributed by atoms with E-state index in [0.29, 0.717) is 12.5 Å². The minimum absolute atomic E-state index is 0. The molecule has 2 rings (SSSR count). The van der Waals surface area contributed by atoms with Crippen LogP contribution < -0.4 is 16.4 Å². The van der Waals surface area contributed by atoms with Crippen molar-refractivity contribution in [2.24, 2.45) is 17.6 Å². The first-order valence-corrected chi connectivity index (χ1v) is 9.49. The standard InChI is InChI=1S/C20H30FN3O2.ClH/c1-13(2)18(24-19(25)15-10-6-7-11-16(15)21)20(26)23-17(12-22)14-8-4-3-5-9-14;/h6-7,10-11,13-14,17-18H,3-5,8-9,12,22H2,1-2H3,(H,23,26)(H,24,25);1H. The van der Waals surface area contributed by atoms with Crippen LogP contribution in [0.1, 0.15) is 56.3 Å². The third-order valence-corrected chi connectivity index (χ3v) is 5.15. The van der Waals surface area contributed by atoms with Gasteiger partial charge >= 0.3 is 0 Å². The van der Waals surface area contributed by atoms with Gasteiger partial charge in [0.15, 0.2) is 0 Å². The second-order valence-corrected chi connectivity index (χ2v) is 7.42. The molecule has 0 spiro atoms. The van der Waals surface area contributed by atoms with Crippen molar-refractivity contribution < 1.29 is 14.0 Å². The summed E-state index contributed by atoms with van der Waals surface area (Å²) in [5.74, 6) is -1.19. The van der Waals surface area contributed by atoms with Crippen LogP contribution in [0.3, 0.4) is 0 Å². The van der Waals surface area contributed by atoms with Gasteiger partial charge in [-0.2, -0.15) is 0 Å². The molecule has 7 heteroatoms. The van der Waals surface area contributed by atoms with Gasteiger partial charge in [0, 0.05) is 12.6 Å². The highest BCUT2D eigenvalue weighted by Gasteiger charge is 2.30. The van der Waals surface area contributed by atoms with Crippen LogP contribution in [0.4, 0.5) is 4.39 Å². The molecule has 1 aromatic carbocycles. The first kappa shape index (κ1) is 23.4.